The molecule has 0 bridgehead atoms. The van der Waals surface area contributed by atoms with Gasteiger partial charge in [-0.15, -0.1) is 0 Å². The van der Waals surface area contributed by atoms with Crippen LogP contribution in [0.3, 0.4) is 0 Å². The molecule has 8 aromatic rings. The van der Waals surface area contributed by atoms with Gasteiger partial charge in [0.1, 0.15) is 5.66 Å². The van der Waals surface area contributed by atoms with Crippen LogP contribution in [-0.2, 0) is 17.6 Å². The van der Waals surface area contributed by atoms with Crippen molar-refractivity contribution in [3.05, 3.63) is 215 Å². The second-order valence-electron chi connectivity index (χ2n) is 14.9. The maximum Gasteiger partial charge on any atom is 0.116 e. The van der Waals surface area contributed by atoms with Gasteiger partial charge in [0.2, 0.25) is 0 Å². The van der Waals surface area contributed by atoms with E-state index in [0.29, 0.717) is 0 Å². The molecule has 1 saturated heterocycles. The maximum absolute atomic E-state index is 4.03. The third-order valence-corrected chi connectivity index (χ3v) is 12.4. The van der Waals surface area contributed by atoms with Gasteiger partial charge in [0.05, 0.1) is 11.5 Å². The Morgan fingerprint density at radius 3 is 1.87 bits per heavy atom. The van der Waals surface area contributed by atoms with E-state index in [1.807, 2.05) is 0 Å². The van der Waals surface area contributed by atoms with E-state index in [1.165, 1.54) is 94.2 Å². The first-order valence-electron chi connectivity index (χ1n) is 18.4. The van der Waals surface area contributed by atoms with Crippen LogP contribution in [-0.4, -0.2) is 0 Å². The summed E-state index contributed by atoms with van der Waals surface area (Å²) in [6, 6.07) is 65.9. The van der Waals surface area contributed by atoms with Gasteiger partial charge in [0.25, 0.3) is 0 Å². The molecule has 2 N–H and O–H groups in total. The van der Waals surface area contributed by atoms with Gasteiger partial charge in [-0.05, 0) is 100 Å². The fourth-order valence-corrected chi connectivity index (χ4v) is 10.3. The molecule has 0 aromatic heterocycles. The summed E-state index contributed by atoms with van der Waals surface area (Å²) >= 11 is 0. The third kappa shape index (κ3) is 3.56. The SMILES string of the molecule is c1ccc(C2N[C@]2(NCc2ccc3c(c2)C2(c4ccccc4-3)c3ccccc3-c3c2cc2c4c(cccc34)-c3ccccc3-2)c2ccccc2)cc1. The van der Waals surface area contributed by atoms with Gasteiger partial charge in [-0.3, -0.25) is 10.6 Å². The zero-order valence-corrected chi connectivity index (χ0v) is 28.5. The summed E-state index contributed by atoms with van der Waals surface area (Å²) in [5.41, 5.74) is 19.4. The van der Waals surface area contributed by atoms with Gasteiger partial charge in [-0.25, -0.2) is 0 Å². The second kappa shape index (κ2) is 10.3. The molecule has 12 rings (SSSR count). The molecule has 1 spiro atoms. The molecule has 0 saturated carbocycles. The van der Waals surface area contributed by atoms with Gasteiger partial charge in [0, 0.05) is 6.54 Å². The second-order valence-corrected chi connectivity index (χ2v) is 14.9. The Kier molecular flexibility index (Phi) is 5.65. The highest BCUT2D eigenvalue weighted by atomic mass is 15.4. The molecule has 0 amide bonds. The topological polar surface area (TPSA) is 34.0 Å². The van der Waals surface area contributed by atoms with Crippen molar-refractivity contribution in [1.82, 2.24) is 10.6 Å². The monoisotopic (exact) mass is 662 g/mol. The highest BCUT2D eigenvalue weighted by Crippen LogP contribution is 2.65. The van der Waals surface area contributed by atoms with Gasteiger partial charge in [0.15, 0.2) is 0 Å². The molecule has 1 heterocycles. The van der Waals surface area contributed by atoms with Crippen molar-refractivity contribution in [2.75, 3.05) is 0 Å². The third-order valence-electron chi connectivity index (χ3n) is 12.4. The molecular formula is C50H34N2. The van der Waals surface area contributed by atoms with Crippen LogP contribution >= 0.6 is 0 Å². The lowest BCUT2D eigenvalue weighted by molar-refractivity contribution is 0.490. The first-order chi connectivity index (χ1) is 25.8. The number of fused-ring (bicyclic) bond motifs is 14. The molecule has 4 aliphatic rings. The Morgan fingerprint density at radius 1 is 0.462 bits per heavy atom. The van der Waals surface area contributed by atoms with E-state index in [-0.39, 0.29) is 11.7 Å². The number of rotatable bonds is 5. The lowest BCUT2D eigenvalue weighted by Crippen LogP contribution is -2.33. The molecule has 0 radical (unpaired) electrons. The predicted octanol–water partition coefficient (Wildman–Crippen LogP) is 11.1. The molecule has 2 unspecified atom stereocenters. The smallest absolute Gasteiger partial charge is 0.116 e. The Balaban J connectivity index is 1.06. The minimum Gasteiger partial charge on any atom is -0.290 e. The van der Waals surface area contributed by atoms with Gasteiger partial charge in [-0.1, -0.05) is 170 Å². The molecule has 244 valence electrons. The molecule has 1 aliphatic heterocycles. The van der Waals surface area contributed by atoms with Crippen molar-refractivity contribution in [2.45, 2.75) is 23.7 Å². The average Bonchev–Trinajstić information content (AvgIpc) is 3.64. The molecular weight excluding hydrogens is 629 g/mol. The van der Waals surface area contributed by atoms with Crippen LogP contribution in [0, 0.1) is 0 Å². The Hall–Kier alpha value is -6.06. The van der Waals surface area contributed by atoms with Crippen LogP contribution in [0.5, 0.6) is 0 Å². The largest absolute Gasteiger partial charge is 0.290 e. The molecule has 2 heteroatoms. The van der Waals surface area contributed by atoms with Crippen LogP contribution in [0.15, 0.2) is 176 Å². The van der Waals surface area contributed by atoms with Crippen LogP contribution in [0.1, 0.15) is 45.0 Å². The Morgan fingerprint density at radius 2 is 1.08 bits per heavy atom. The van der Waals surface area contributed by atoms with E-state index in [4.69, 9.17) is 0 Å². The minimum absolute atomic E-state index is 0.198. The van der Waals surface area contributed by atoms with Crippen molar-refractivity contribution < 1.29 is 0 Å². The Bertz CT molecular complexity index is 2780. The van der Waals surface area contributed by atoms with E-state index in [0.717, 1.165) is 6.54 Å². The zero-order chi connectivity index (χ0) is 34.0. The highest BCUT2D eigenvalue weighted by Gasteiger charge is 2.56. The summed E-state index contributed by atoms with van der Waals surface area (Å²) < 4.78 is 0. The van der Waals surface area contributed by atoms with E-state index in [9.17, 15) is 0 Å². The zero-order valence-electron chi connectivity index (χ0n) is 28.5. The number of nitrogens with one attached hydrogen (secondary N) is 2. The molecule has 52 heavy (non-hydrogen) atoms. The van der Waals surface area contributed by atoms with Crippen molar-refractivity contribution >= 4 is 10.8 Å². The standard InChI is InChI=1S/C50H34N2/c1-3-14-32(15-4-1)48-50(52-48,33-16-5-2-6-17-33)51-30-31-26-27-37-36-20-9-11-24-42(36)49(44(37)28-31)43-25-12-10-21-39(43)47-40-23-13-22-38-34-18-7-8-19-35(34)41(46(38)40)29-45(47)49/h1-29,48,51-52H,30H2/t48?,49?,50-/m1/s1. The number of hydrogen-bond acceptors (Lipinski definition) is 2. The van der Waals surface area contributed by atoms with E-state index >= 15 is 0 Å². The molecule has 3 aliphatic carbocycles. The van der Waals surface area contributed by atoms with Crippen molar-refractivity contribution in [3.8, 4) is 44.5 Å². The molecule has 8 aromatic carbocycles. The van der Waals surface area contributed by atoms with E-state index < -0.39 is 5.41 Å². The molecule has 2 nitrogen and oxygen atoms in total. The summed E-state index contributed by atoms with van der Waals surface area (Å²) in [5.74, 6) is 0. The van der Waals surface area contributed by atoms with Crippen LogP contribution in [0.2, 0.25) is 0 Å². The number of benzene rings is 8. The number of hydrogen-bond donors (Lipinski definition) is 2. The quantitative estimate of drug-likeness (QED) is 0.180. The fourth-order valence-electron chi connectivity index (χ4n) is 10.3. The summed E-state index contributed by atoms with van der Waals surface area (Å²) in [6.45, 7) is 0.735. The van der Waals surface area contributed by atoms with Gasteiger partial charge in [-0.2, -0.15) is 0 Å². The lowest BCUT2D eigenvalue weighted by atomic mass is 9.70. The van der Waals surface area contributed by atoms with Crippen LogP contribution < -0.4 is 10.6 Å². The normalized spacial score (nSPS) is 20.7. The van der Waals surface area contributed by atoms with Crippen LogP contribution in [0.25, 0.3) is 55.3 Å². The van der Waals surface area contributed by atoms with Gasteiger partial charge >= 0.3 is 0 Å². The van der Waals surface area contributed by atoms with Crippen molar-refractivity contribution in [1.29, 1.82) is 0 Å². The summed E-state index contributed by atoms with van der Waals surface area (Å²) in [6.07, 6.45) is 0. The lowest BCUT2D eigenvalue weighted by Gasteiger charge is -2.31. The van der Waals surface area contributed by atoms with Gasteiger partial charge < -0.3 is 0 Å². The maximum atomic E-state index is 4.03. The minimum atomic E-state index is -0.423. The van der Waals surface area contributed by atoms with Crippen molar-refractivity contribution in [2.24, 2.45) is 0 Å². The summed E-state index contributed by atoms with van der Waals surface area (Å²) in [5, 5.41) is 10.6. The fraction of sp³-hybridized carbons (Fsp3) is 0.0800. The average molecular weight is 663 g/mol. The van der Waals surface area contributed by atoms with E-state index in [2.05, 4.69) is 187 Å². The molecule has 1 fully saturated rings. The highest BCUT2D eigenvalue weighted by molar-refractivity contribution is 6.21. The molecule has 3 atom stereocenters. The van der Waals surface area contributed by atoms with E-state index in [1.54, 1.807) is 0 Å². The van der Waals surface area contributed by atoms with Crippen LogP contribution in [0.4, 0.5) is 0 Å². The first-order valence-corrected chi connectivity index (χ1v) is 18.4. The summed E-state index contributed by atoms with van der Waals surface area (Å²) in [7, 11) is 0. The Labute approximate surface area is 303 Å². The van der Waals surface area contributed by atoms with Crippen molar-refractivity contribution in [3.63, 3.8) is 0 Å². The summed E-state index contributed by atoms with van der Waals surface area (Å²) in [4.78, 5) is 0. The first kappa shape index (κ1) is 28.6. The predicted molar refractivity (Wildman–Crippen MR) is 212 cm³/mol.